The Morgan fingerprint density at radius 1 is 1.08 bits per heavy atom. The van der Waals surface area contributed by atoms with Crippen LogP contribution in [0.25, 0.3) is 0 Å². The zero-order chi connectivity index (χ0) is 27.2. The van der Waals surface area contributed by atoms with E-state index in [2.05, 4.69) is 14.7 Å². The first-order valence-corrected chi connectivity index (χ1v) is 12.4. The van der Waals surface area contributed by atoms with Crippen LogP contribution in [-0.2, 0) is 17.5 Å². The van der Waals surface area contributed by atoms with Gasteiger partial charge >= 0.3 is 12.4 Å². The maximum atomic E-state index is 14.3. The van der Waals surface area contributed by atoms with Gasteiger partial charge in [0.15, 0.2) is 10.6 Å². The highest BCUT2D eigenvalue weighted by Crippen LogP contribution is 2.57. The Morgan fingerprint density at radius 2 is 1.76 bits per heavy atom. The molecule has 37 heavy (non-hydrogen) atoms. The van der Waals surface area contributed by atoms with Crippen LogP contribution in [0.4, 0.5) is 30.7 Å². The van der Waals surface area contributed by atoms with Crippen molar-refractivity contribution in [2.45, 2.75) is 30.1 Å². The molecule has 1 atom stereocenters. The SMILES string of the molecule is O=C(NCc1ccccn1)c1sc(C2=NSC(c3cc(Cl)c(F)c(Cl)c3)(C(F)(F)F)C2)cc1C(F)(F)F. The van der Waals surface area contributed by atoms with Gasteiger partial charge in [0.05, 0.1) is 38.4 Å². The molecule has 1 N–H and O–H groups in total. The predicted octanol–water partition coefficient (Wildman–Crippen LogP) is 7.84. The molecule has 2 aromatic heterocycles. The molecule has 1 unspecified atom stereocenters. The third-order valence-corrected chi connectivity index (χ3v) is 8.29. The summed E-state index contributed by atoms with van der Waals surface area (Å²) < 4.78 is 98.9. The number of benzene rings is 1. The Hall–Kier alpha value is -2.35. The summed E-state index contributed by atoms with van der Waals surface area (Å²) in [6, 6.07) is 6.91. The molecule has 0 fully saturated rings. The molecular weight excluding hydrogens is 590 g/mol. The van der Waals surface area contributed by atoms with Gasteiger partial charge in [-0.3, -0.25) is 9.78 Å². The van der Waals surface area contributed by atoms with Crippen molar-refractivity contribution in [2.24, 2.45) is 4.40 Å². The number of carbonyl (C=O) groups is 1. The first-order chi connectivity index (χ1) is 17.2. The molecule has 1 aliphatic rings. The van der Waals surface area contributed by atoms with E-state index in [0.29, 0.717) is 23.1 Å². The van der Waals surface area contributed by atoms with Gasteiger partial charge in [0, 0.05) is 12.6 Å². The smallest absolute Gasteiger partial charge is 0.346 e. The lowest BCUT2D eigenvalue weighted by atomic mass is 9.91. The third kappa shape index (κ3) is 5.45. The number of rotatable bonds is 5. The molecule has 0 radical (unpaired) electrons. The fourth-order valence-corrected chi connectivity index (χ4v) is 6.07. The van der Waals surface area contributed by atoms with E-state index < -0.39 is 61.3 Å². The van der Waals surface area contributed by atoms with Crippen molar-refractivity contribution in [1.29, 1.82) is 0 Å². The maximum Gasteiger partial charge on any atom is 0.418 e. The van der Waals surface area contributed by atoms with Crippen molar-refractivity contribution >= 4 is 58.1 Å². The lowest BCUT2D eigenvalue weighted by Crippen LogP contribution is -2.38. The van der Waals surface area contributed by atoms with Gasteiger partial charge in [-0.25, -0.2) is 8.79 Å². The second kappa shape index (κ2) is 10.1. The van der Waals surface area contributed by atoms with Crippen LogP contribution < -0.4 is 5.32 Å². The first kappa shape index (κ1) is 27.7. The number of nitrogens with zero attached hydrogens (tertiary/aromatic N) is 2. The van der Waals surface area contributed by atoms with E-state index in [-0.39, 0.29) is 29.1 Å². The monoisotopic (exact) mass is 601 g/mol. The summed E-state index contributed by atoms with van der Waals surface area (Å²) in [5, 5.41) is 1.03. The van der Waals surface area contributed by atoms with Crippen molar-refractivity contribution < 1.29 is 35.5 Å². The summed E-state index contributed by atoms with van der Waals surface area (Å²) >= 11 is 11.8. The fourth-order valence-electron chi connectivity index (χ4n) is 3.49. The summed E-state index contributed by atoms with van der Waals surface area (Å²) in [5.41, 5.74) is -1.75. The minimum absolute atomic E-state index is 0.0544. The number of hydrogen-bond donors (Lipinski definition) is 1. The molecule has 1 amide bonds. The molecule has 0 spiro atoms. The number of aromatic nitrogens is 1. The molecule has 15 heteroatoms. The van der Waals surface area contributed by atoms with E-state index in [4.69, 9.17) is 23.2 Å². The van der Waals surface area contributed by atoms with E-state index in [1.54, 1.807) is 18.2 Å². The minimum Gasteiger partial charge on any atom is -0.346 e. The zero-order valence-corrected chi connectivity index (χ0v) is 21.1. The van der Waals surface area contributed by atoms with Gasteiger partial charge in [-0.1, -0.05) is 29.3 Å². The van der Waals surface area contributed by atoms with Crippen molar-refractivity contribution in [2.75, 3.05) is 0 Å². The Labute approximate surface area is 223 Å². The summed E-state index contributed by atoms with van der Waals surface area (Å²) in [6.07, 6.45) is -9.39. The number of alkyl halides is 6. The van der Waals surface area contributed by atoms with Crippen molar-refractivity contribution in [3.63, 3.8) is 0 Å². The van der Waals surface area contributed by atoms with E-state index in [1.807, 2.05) is 0 Å². The van der Waals surface area contributed by atoms with Crippen LogP contribution in [0.3, 0.4) is 0 Å². The average Bonchev–Trinajstić information content (AvgIpc) is 3.47. The van der Waals surface area contributed by atoms with Crippen molar-refractivity contribution in [3.05, 3.63) is 85.0 Å². The van der Waals surface area contributed by atoms with Gasteiger partial charge in [-0.15, -0.1) is 11.3 Å². The Balaban J connectivity index is 1.68. The molecule has 1 aliphatic heterocycles. The second-order valence-electron chi connectivity index (χ2n) is 7.74. The van der Waals surface area contributed by atoms with E-state index in [9.17, 15) is 35.5 Å². The van der Waals surface area contributed by atoms with Crippen LogP contribution in [-0.4, -0.2) is 22.8 Å². The number of carbonyl (C=O) groups excluding carboxylic acids is 1. The predicted molar refractivity (Wildman–Crippen MR) is 128 cm³/mol. The van der Waals surface area contributed by atoms with Gasteiger partial charge in [0.2, 0.25) is 0 Å². The number of thiophene rings is 1. The van der Waals surface area contributed by atoms with Gasteiger partial charge in [0.25, 0.3) is 5.91 Å². The number of halogens is 9. The highest BCUT2D eigenvalue weighted by atomic mass is 35.5. The van der Waals surface area contributed by atoms with Crippen molar-refractivity contribution in [3.8, 4) is 0 Å². The van der Waals surface area contributed by atoms with Crippen LogP contribution in [0.15, 0.2) is 47.0 Å². The molecule has 3 heterocycles. The van der Waals surface area contributed by atoms with Crippen LogP contribution in [0, 0.1) is 5.82 Å². The van der Waals surface area contributed by atoms with Gasteiger partial charge in [0.1, 0.15) is 4.88 Å². The van der Waals surface area contributed by atoms with Gasteiger partial charge in [-0.2, -0.15) is 26.3 Å². The quantitative estimate of drug-likeness (QED) is 0.184. The molecule has 0 bridgehead atoms. The number of pyridine rings is 1. The van der Waals surface area contributed by atoms with Crippen LogP contribution in [0.1, 0.15) is 37.8 Å². The minimum atomic E-state index is -4.97. The zero-order valence-electron chi connectivity index (χ0n) is 18.0. The molecule has 1 aromatic carbocycles. The topological polar surface area (TPSA) is 54.4 Å². The van der Waals surface area contributed by atoms with Crippen LogP contribution in [0.2, 0.25) is 10.0 Å². The summed E-state index contributed by atoms with van der Waals surface area (Å²) in [5.74, 6) is -2.18. The molecule has 196 valence electrons. The highest BCUT2D eigenvalue weighted by Gasteiger charge is 2.60. The lowest BCUT2D eigenvalue weighted by molar-refractivity contribution is -0.159. The maximum absolute atomic E-state index is 14.3. The third-order valence-electron chi connectivity index (χ3n) is 5.32. The standard InChI is InChI=1S/C22H12Cl2F7N3OS2/c23-13-5-10(6-14(24)17(13)25)20(22(29,30)31)8-15(34-37-20)16-7-12(21(26,27)28)18(36-16)19(35)33-9-11-3-1-2-4-32-11/h1-7H,8-9H2,(H,33,35). The van der Waals surface area contributed by atoms with E-state index in [1.165, 1.54) is 6.20 Å². The number of nitrogens with one attached hydrogen (secondary N) is 1. The largest absolute Gasteiger partial charge is 0.418 e. The van der Waals surface area contributed by atoms with E-state index in [0.717, 1.165) is 12.1 Å². The van der Waals surface area contributed by atoms with Gasteiger partial charge < -0.3 is 5.32 Å². The van der Waals surface area contributed by atoms with Crippen LogP contribution >= 0.6 is 46.5 Å². The van der Waals surface area contributed by atoms with Gasteiger partial charge in [-0.05, 0) is 47.8 Å². The Bertz CT molecular complexity index is 1350. The van der Waals surface area contributed by atoms with Crippen molar-refractivity contribution in [1.82, 2.24) is 10.3 Å². The van der Waals surface area contributed by atoms with E-state index >= 15 is 0 Å². The highest BCUT2D eigenvalue weighted by molar-refractivity contribution is 7.99. The van der Waals surface area contributed by atoms with Crippen LogP contribution in [0.5, 0.6) is 0 Å². The molecule has 0 saturated heterocycles. The summed E-state index contributed by atoms with van der Waals surface area (Å²) in [4.78, 5) is 15.6. The fraction of sp³-hybridized carbons (Fsp3) is 0.227. The molecule has 0 aliphatic carbocycles. The average molecular weight is 602 g/mol. The molecule has 4 nitrogen and oxygen atoms in total. The second-order valence-corrected chi connectivity index (χ2v) is 10.7. The number of hydrogen-bond acceptors (Lipinski definition) is 5. The Morgan fingerprint density at radius 3 is 2.32 bits per heavy atom. The first-order valence-electron chi connectivity index (χ1n) is 10.1. The summed E-state index contributed by atoms with van der Waals surface area (Å²) in [6.45, 7) is -0.162. The molecule has 0 saturated carbocycles. The molecule has 4 rings (SSSR count). The summed E-state index contributed by atoms with van der Waals surface area (Å²) in [7, 11) is 0. The molecular formula is C22H12Cl2F7N3OS2. The number of amides is 1. The normalized spacial score (nSPS) is 18.1. The Kier molecular flexibility index (Phi) is 7.54. The molecule has 3 aromatic rings. The lowest BCUT2D eigenvalue weighted by Gasteiger charge is -2.30.